The molecule has 6 heteroatoms. The monoisotopic (exact) mass is 346 g/mol. The minimum Gasteiger partial charge on any atom is -0.465 e. The van der Waals surface area contributed by atoms with Crippen molar-refractivity contribution in [2.75, 3.05) is 13.2 Å². The molecule has 0 aliphatic carbocycles. The van der Waals surface area contributed by atoms with Gasteiger partial charge in [-0.15, -0.1) is 0 Å². The fourth-order valence-electron chi connectivity index (χ4n) is 1.68. The van der Waals surface area contributed by atoms with Crippen molar-refractivity contribution >= 4 is 27.9 Å². The van der Waals surface area contributed by atoms with Crippen LogP contribution in [0.25, 0.3) is 0 Å². The summed E-state index contributed by atoms with van der Waals surface area (Å²) >= 11 is 3.02. The van der Waals surface area contributed by atoms with Crippen molar-refractivity contribution in [1.82, 2.24) is 0 Å². The van der Waals surface area contributed by atoms with E-state index < -0.39 is 23.2 Å². The second kappa shape index (κ2) is 6.83. The number of halogens is 2. The summed E-state index contributed by atoms with van der Waals surface area (Å²) in [4.78, 5) is 24.2. The summed E-state index contributed by atoms with van der Waals surface area (Å²) in [6.45, 7) is 4.86. The summed E-state index contributed by atoms with van der Waals surface area (Å²) in [5.74, 6) is -2.09. The first-order valence-electron chi connectivity index (χ1n) is 6.17. The zero-order valence-electron chi connectivity index (χ0n) is 11.5. The maximum atomic E-state index is 13.7. The number of rotatable bonds is 5. The third kappa shape index (κ3) is 3.17. The first-order chi connectivity index (χ1) is 9.37. The molecule has 20 heavy (non-hydrogen) atoms. The summed E-state index contributed by atoms with van der Waals surface area (Å²) in [6.07, 6.45) is 0. The summed E-state index contributed by atoms with van der Waals surface area (Å²) in [6, 6.07) is 4.04. The third-order valence-electron chi connectivity index (χ3n) is 2.86. The molecule has 0 aliphatic heterocycles. The maximum Gasteiger partial charge on any atom is 0.327 e. The van der Waals surface area contributed by atoms with E-state index in [0.29, 0.717) is 0 Å². The van der Waals surface area contributed by atoms with Crippen LogP contribution < -0.4 is 0 Å². The minimum atomic E-state index is -1.69. The molecule has 0 radical (unpaired) electrons. The maximum absolute atomic E-state index is 13.7. The van der Waals surface area contributed by atoms with Gasteiger partial charge in [0.25, 0.3) is 0 Å². The van der Waals surface area contributed by atoms with Crippen LogP contribution >= 0.6 is 15.9 Å². The molecule has 1 aromatic carbocycles. The topological polar surface area (TPSA) is 52.6 Å². The SMILES string of the molecule is CCOC(=O)C(C)(C(=O)OCC)c1ccc(Br)c(F)c1. The molecule has 1 rings (SSSR count). The van der Waals surface area contributed by atoms with Crippen LogP contribution in [0.3, 0.4) is 0 Å². The molecule has 0 fully saturated rings. The zero-order chi connectivity index (χ0) is 15.3. The van der Waals surface area contributed by atoms with Crippen molar-refractivity contribution in [3.05, 3.63) is 34.1 Å². The molecule has 0 heterocycles. The standard InChI is InChI=1S/C14H16BrFO4/c1-4-19-12(17)14(3,13(18)20-5-2)9-6-7-10(15)11(16)8-9/h6-8H,4-5H2,1-3H3. The number of carbonyl (C=O) groups excluding carboxylic acids is 2. The highest BCUT2D eigenvalue weighted by atomic mass is 79.9. The zero-order valence-corrected chi connectivity index (χ0v) is 13.1. The van der Waals surface area contributed by atoms with Gasteiger partial charge in [0.05, 0.1) is 17.7 Å². The van der Waals surface area contributed by atoms with E-state index >= 15 is 0 Å². The van der Waals surface area contributed by atoms with Gasteiger partial charge in [-0.05, 0) is 54.4 Å². The molecule has 0 amide bonds. The fraction of sp³-hybridized carbons (Fsp3) is 0.429. The molecule has 0 aliphatic rings. The van der Waals surface area contributed by atoms with Crippen LogP contribution in [0.5, 0.6) is 0 Å². The van der Waals surface area contributed by atoms with Gasteiger partial charge in [0.1, 0.15) is 5.82 Å². The van der Waals surface area contributed by atoms with Gasteiger partial charge in [0.2, 0.25) is 0 Å². The number of benzene rings is 1. The lowest BCUT2D eigenvalue weighted by Gasteiger charge is -2.25. The summed E-state index contributed by atoms with van der Waals surface area (Å²) in [5.41, 5.74) is -1.50. The number of hydrogen-bond donors (Lipinski definition) is 0. The van der Waals surface area contributed by atoms with Crippen LogP contribution in [0.1, 0.15) is 26.3 Å². The van der Waals surface area contributed by atoms with E-state index in [1.807, 2.05) is 0 Å². The molecule has 110 valence electrons. The Morgan fingerprint density at radius 1 is 1.20 bits per heavy atom. The van der Waals surface area contributed by atoms with E-state index in [-0.39, 0.29) is 23.2 Å². The van der Waals surface area contributed by atoms with Crippen molar-refractivity contribution in [1.29, 1.82) is 0 Å². The molecule has 0 unspecified atom stereocenters. The van der Waals surface area contributed by atoms with Crippen LogP contribution in [-0.4, -0.2) is 25.2 Å². The van der Waals surface area contributed by atoms with Gasteiger partial charge in [-0.3, -0.25) is 9.59 Å². The average molecular weight is 347 g/mol. The first kappa shape index (κ1) is 16.6. The van der Waals surface area contributed by atoms with Gasteiger partial charge in [0, 0.05) is 0 Å². The van der Waals surface area contributed by atoms with E-state index in [1.165, 1.54) is 19.1 Å². The first-order valence-corrected chi connectivity index (χ1v) is 6.97. The molecule has 1 aromatic rings. The summed E-state index contributed by atoms with van der Waals surface area (Å²) in [5, 5.41) is 0. The Balaban J connectivity index is 3.32. The van der Waals surface area contributed by atoms with E-state index in [0.717, 1.165) is 6.07 Å². The van der Waals surface area contributed by atoms with Crippen LogP contribution in [0.4, 0.5) is 4.39 Å². The fourth-order valence-corrected chi connectivity index (χ4v) is 1.92. The molecule has 0 spiro atoms. The predicted molar refractivity (Wildman–Crippen MR) is 74.7 cm³/mol. The van der Waals surface area contributed by atoms with Crippen molar-refractivity contribution in [3.63, 3.8) is 0 Å². The Morgan fingerprint density at radius 2 is 1.70 bits per heavy atom. The van der Waals surface area contributed by atoms with Gasteiger partial charge in [0.15, 0.2) is 5.41 Å². The van der Waals surface area contributed by atoms with Crippen molar-refractivity contribution in [3.8, 4) is 0 Å². The molecule has 0 aromatic heterocycles. The van der Waals surface area contributed by atoms with Crippen LogP contribution in [0, 0.1) is 5.82 Å². The third-order valence-corrected chi connectivity index (χ3v) is 3.51. The van der Waals surface area contributed by atoms with Gasteiger partial charge in [-0.2, -0.15) is 0 Å². The number of ether oxygens (including phenoxy) is 2. The highest BCUT2D eigenvalue weighted by Gasteiger charge is 2.46. The van der Waals surface area contributed by atoms with Crippen molar-refractivity contribution < 1.29 is 23.5 Å². The van der Waals surface area contributed by atoms with E-state index in [1.54, 1.807) is 13.8 Å². The van der Waals surface area contributed by atoms with Gasteiger partial charge < -0.3 is 9.47 Å². The Hall–Kier alpha value is -1.43. The highest BCUT2D eigenvalue weighted by molar-refractivity contribution is 9.10. The van der Waals surface area contributed by atoms with Crippen LogP contribution in [0.15, 0.2) is 22.7 Å². The molecule has 0 atom stereocenters. The highest BCUT2D eigenvalue weighted by Crippen LogP contribution is 2.30. The normalized spacial score (nSPS) is 11.1. The number of hydrogen-bond acceptors (Lipinski definition) is 4. The number of carbonyl (C=O) groups is 2. The van der Waals surface area contributed by atoms with Crippen molar-refractivity contribution in [2.45, 2.75) is 26.2 Å². The smallest absolute Gasteiger partial charge is 0.327 e. The molecule has 0 bridgehead atoms. The Kier molecular flexibility index (Phi) is 5.68. The second-order valence-electron chi connectivity index (χ2n) is 4.19. The lowest BCUT2D eigenvalue weighted by Crippen LogP contribution is -2.43. The van der Waals surface area contributed by atoms with Gasteiger partial charge >= 0.3 is 11.9 Å². The number of esters is 2. The minimum absolute atomic E-state index is 0.118. The molecule has 0 saturated heterocycles. The van der Waals surface area contributed by atoms with Crippen molar-refractivity contribution in [2.24, 2.45) is 0 Å². The van der Waals surface area contributed by atoms with Gasteiger partial charge in [-0.1, -0.05) is 6.07 Å². The molecular formula is C14H16BrFO4. The Labute approximate surface area is 125 Å². The van der Waals surface area contributed by atoms with E-state index in [9.17, 15) is 14.0 Å². The second-order valence-corrected chi connectivity index (χ2v) is 5.05. The molecule has 4 nitrogen and oxygen atoms in total. The van der Waals surface area contributed by atoms with E-state index in [4.69, 9.17) is 9.47 Å². The predicted octanol–water partition coefficient (Wildman–Crippen LogP) is 2.97. The van der Waals surface area contributed by atoms with Gasteiger partial charge in [-0.25, -0.2) is 4.39 Å². The Morgan fingerprint density at radius 3 is 2.10 bits per heavy atom. The quantitative estimate of drug-likeness (QED) is 0.607. The Bertz CT molecular complexity index is 498. The summed E-state index contributed by atoms with van der Waals surface area (Å²) in [7, 11) is 0. The molecular weight excluding hydrogens is 331 g/mol. The van der Waals surface area contributed by atoms with Crippen LogP contribution in [0.2, 0.25) is 0 Å². The largest absolute Gasteiger partial charge is 0.465 e. The average Bonchev–Trinajstić information content (AvgIpc) is 2.41. The lowest BCUT2D eigenvalue weighted by molar-refractivity contribution is -0.163. The summed E-state index contributed by atoms with van der Waals surface area (Å²) < 4.78 is 23.8. The lowest BCUT2D eigenvalue weighted by atomic mass is 9.82. The van der Waals surface area contributed by atoms with Crippen LogP contribution in [-0.2, 0) is 24.5 Å². The van der Waals surface area contributed by atoms with E-state index in [2.05, 4.69) is 15.9 Å². The molecule has 0 N–H and O–H groups in total. The molecule has 0 saturated carbocycles.